The van der Waals surface area contributed by atoms with Crippen molar-refractivity contribution in [2.75, 3.05) is 0 Å². The van der Waals surface area contributed by atoms with Crippen molar-refractivity contribution in [3.05, 3.63) is 54.6 Å². The number of benzene rings is 2. The molecule has 2 fully saturated rings. The minimum absolute atomic E-state index is 0. The summed E-state index contributed by atoms with van der Waals surface area (Å²) in [5, 5.41) is 20.8. The molecule has 2 aliphatic rings. The number of para-hydroxylation sites is 1. The molecule has 2 saturated carbocycles. The van der Waals surface area contributed by atoms with Crippen molar-refractivity contribution in [3.63, 3.8) is 0 Å². The summed E-state index contributed by atoms with van der Waals surface area (Å²) in [5.74, 6) is 1.24. The van der Waals surface area contributed by atoms with E-state index < -0.39 is 0 Å². The number of thiazole rings is 1. The van der Waals surface area contributed by atoms with Crippen molar-refractivity contribution in [2.24, 2.45) is 17.8 Å². The van der Waals surface area contributed by atoms with Gasteiger partial charge in [0.15, 0.2) is 0 Å². The Morgan fingerprint density at radius 3 is 2.59 bits per heavy atom. The molecular formula is C24H28IrNO2S-. The summed E-state index contributed by atoms with van der Waals surface area (Å²) in [6.45, 7) is 2.14. The van der Waals surface area contributed by atoms with Gasteiger partial charge in [-0.15, -0.1) is 35.9 Å². The number of rotatable bonds is 2. The minimum Gasteiger partial charge on any atom is -0.393 e. The van der Waals surface area contributed by atoms with E-state index in [1.165, 1.54) is 11.1 Å². The molecule has 3 aromatic rings. The summed E-state index contributed by atoms with van der Waals surface area (Å²) in [6, 6.07) is 19.3. The van der Waals surface area contributed by atoms with Gasteiger partial charge in [0.2, 0.25) is 0 Å². The molecule has 0 amide bonds. The Labute approximate surface area is 190 Å². The van der Waals surface area contributed by atoms with E-state index in [4.69, 9.17) is 0 Å². The van der Waals surface area contributed by atoms with Crippen LogP contribution in [-0.2, 0) is 20.1 Å². The first-order valence-corrected chi connectivity index (χ1v) is 11.2. The predicted molar refractivity (Wildman–Crippen MR) is 115 cm³/mol. The van der Waals surface area contributed by atoms with Crippen LogP contribution in [0.2, 0.25) is 0 Å². The van der Waals surface area contributed by atoms with Crippen LogP contribution in [0.3, 0.4) is 0 Å². The standard InChI is InChI=1S/C13H8NS.C11H20O2.Ir/c1-2-6-10(7-3-1)13-14-11-8-4-5-9-12(11)15-13;1-2-7-6-8-4-3-5-9(12)10(8)11(7)13;/h1-6,8-9H;7-13H,2-6H2,1H3;/q-1;;. The molecule has 3 nitrogen and oxygen atoms in total. The largest absolute Gasteiger partial charge is 0.393 e. The van der Waals surface area contributed by atoms with Crippen molar-refractivity contribution >= 4 is 21.6 Å². The van der Waals surface area contributed by atoms with E-state index >= 15 is 0 Å². The number of aliphatic hydroxyl groups excluding tert-OH is 2. The van der Waals surface area contributed by atoms with E-state index in [-0.39, 0.29) is 38.2 Å². The molecule has 5 atom stereocenters. The predicted octanol–water partition coefficient (Wildman–Crippen LogP) is 5.32. The van der Waals surface area contributed by atoms with Crippen LogP contribution in [0.5, 0.6) is 0 Å². The zero-order chi connectivity index (χ0) is 19.5. The quantitative estimate of drug-likeness (QED) is 0.400. The molecule has 2 N–H and O–H groups in total. The topological polar surface area (TPSA) is 53.4 Å². The third-order valence-electron chi connectivity index (χ3n) is 6.30. The molecule has 157 valence electrons. The second kappa shape index (κ2) is 10.3. The Morgan fingerprint density at radius 1 is 1.10 bits per heavy atom. The van der Waals surface area contributed by atoms with Crippen molar-refractivity contribution in [3.8, 4) is 10.6 Å². The average molecular weight is 587 g/mol. The first-order chi connectivity index (χ1) is 13.7. The Hall–Kier alpha value is -1.10. The first kappa shape index (κ1) is 22.6. The number of hydrogen-bond donors (Lipinski definition) is 2. The van der Waals surface area contributed by atoms with Crippen LogP contribution in [0.15, 0.2) is 48.5 Å². The number of fused-ring (bicyclic) bond motifs is 2. The summed E-state index contributed by atoms with van der Waals surface area (Å²) in [4.78, 5) is 4.57. The van der Waals surface area contributed by atoms with Gasteiger partial charge in [-0.1, -0.05) is 31.9 Å². The fourth-order valence-electron chi connectivity index (χ4n) is 4.83. The van der Waals surface area contributed by atoms with Gasteiger partial charge < -0.3 is 10.2 Å². The summed E-state index contributed by atoms with van der Waals surface area (Å²) in [5.41, 5.74) is 2.13. The number of aliphatic hydroxyl groups is 2. The van der Waals surface area contributed by atoms with Crippen LogP contribution in [0.1, 0.15) is 39.0 Å². The maximum Gasteiger partial charge on any atom is 0.0697 e. The molecule has 0 spiro atoms. The van der Waals surface area contributed by atoms with Gasteiger partial charge in [0.1, 0.15) is 0 Å². The van der Waals surface area contributed by atoms with Crippen molar-refractivity contribution in [1.29, 1.82) is 0 Å². The van der Waals surface area contributed by atoms with Gasteiger partial charge in [-0.25, -0.2) is 0 Å². The molecule has 5 rings (SSSR count). The van der Waals surface area contributed by atoms with Crippen LogP contribution in [0.25, 0.3) is 20.8 Å². The first-order valence-electron chi connectivity index (χ1n) is 10.4. The van der Waals surface area contributed by atoms with Crippen LogP contribution in [0.4, 0.5) is 0 Å². The molecule has 1 heterocycles. The molecule has 0 aliphatic heterocycles. The normalized spacial score (nSPS) is 28.2. The maximum atomic E-state index is 9.99. The third kappa shape index (κ3) is 4.97. The van der Waals surface area contributed by atoms with Crippen LogP contribution < -0.4 is 0 Å². The summed E-state index contributed by atoms with van der Waals surface area (Å²) in [7, 11) is 0. The SMILES string of the molecule is CCC1CC2CCCC(O)C2C1O.[Ir].[c-]1ccccc1-c1nc2ccccc2s1. The fourth-order valence-corrected chi connectivity index (χ4v) is 5.79. The monoisotopic (exact) mass is 587 g/mol. The Balaban J connectivity index is 0.000000162. The Morgan fingerprint density at radius 2 is 1.90 bits per heavy atom. The Kier molecular flexibility index (Phi) is 8.00. The molecule has 29 heavy (non-hydrogen) atoms. The van der Waals surface area contributed by atoms with Crippen molar-refractivity contribution in [1.82, 2.24) is 4.98 Å². The van der Waals surface area contributed by atoms with Crippen LogP contribution >= 0.6 is 11.3 Å². The van der Waals surface area contributed by atoms with Gasteiger partial charge in [0, 0.05) is 35.7 Å². The summed E-state index contributed by atoms with van der Waals surface area (Å²) in [6.07, 6.45) is 4.99. The van der Waals surface area contributed by atoms with Gasteiger partial charge in [0.05, 0.1) is 17.7 Å². The molecule has 5 unspecified atom stereocenters. The van der Waals surface area contributed by atoms with Gasteiger partial charge in [-0.05, 0) is 43.2 Å². The van der Waals surface area contributed by atoms with E-state index in [0.717, 1.165) is 41.8 Å². The van der Waals surface area contributed by atoms with Gasteiger partial charge in [-0.2, -0.15) is 11.3 Å². The minimum atomic E-state index is -0.231. The Bertz CT molecular complexity index is 865. The fraction of sp³-hybridized carbons (Fsp3) is 0.458. The van der Waals surface area contributed by atoms with Crippen LogP contribution in [0, 0.1) is 23.8 Å². The van der Waals surface area contributed by atoms with Gasteiger partial charge in [-0.3, -0.25) is 4.98 Å². The molecule has 1 radical (unpaired) electrons. The maximum absolute atomic E-state index is 9.99. The second-order valence-corrected chi connectivity index (χ2v) is 9.02. The third-order valence-corrected chi connectivity index (χ3v) is 7.37. The zero-order valence-corrected chi connectivity index (χ0v) is 19.8. The molecule has 5 heteroatoms. The summed E-state index contributed by atoms with van der Waals surface area (Å²) < 4.78 is 1.23. The molecule has 2 aromatic carbocycles. The van der Waals surface area contributed by atoms with E-state index in [2.05, 4.69) is 24.0 Å². The summed E-state index contributed by atoms with van der Waals surface area (Å²) >= 11 is 1.71. The van der Waals surface area contributed by atoms with E-state index in [9.17, 15) is 10.2 Å². The zero-order valence-electron chi connectivity index (χ0n) is 16.6. The molecule has 1 aromatic heterocycles. The smallest absolute Gasteiger partial charge is 0.0697 e. The number of nitrogens with zero attached hydrogens (tertiary/aromatic N) is 1. The molecule has 2 aliphatic carbocycles. The second-order valence-electron chi connectivity index (χ2n) is 7.99. The van der Waals surface area contributed by atoms with Gasteiger partial charge >= 0.3 is 0 Å². The van der Waals surface area contributed by atoms with Crippen LogP contribution in [-0.4, -0.2) is 27.4 Å². The van der Waals surface area contributed by atoms with Crippen molar-refractivity contribution < 1.29 is 30.3 Å². The van der Waals surface area contributed by atoms with Crippen molar-refractivity contribution in [2.45, 2.75) is 51.2 Å². The molecule has 0 saturated heterocycles. The van der Waals surface area contributed by atoms with E-state index in [1.54, 1.807) is 11.3 Å². The average Bonchev–Trinajstić information content (AvgIpc) is 3.31. The van der Waals surface area contributed by atoms with E-state index in [1.807, 2.05) is 42.5 Å². The number of hydrogen-bond acceptors (Lipinski definition) is 4. The van der Waals surface area contributed by atoms with E-state index in [0.29, 0.717) is 11.8 Å². The number of aromatic nitrogens is 1. The van der Waals surface area contributed by atoms with Gasteiger partial charge in [0.25, 0.3) is 0 Å². The molecule has 0 bridgehead atoms. The molecular weight excluding hydrogens is 559 g/mol.